The van der Waals surface area contributed by atoms with Crippen LogP contribution in [0.2, 0.25) is 0 Å². The number of hydrogen-bond acceptors (Lipinski definition) is 5. The van der Waals surface area contributed by atoms with Crippen molar-refractivity contribution in [2.24, 2.45) is 5.73 Å². The molecule has 6 nitrogen and oxygen atoms in total. The quantitative estimate of drug-likeness (QED) is 0.649. The van der Waals surface area contributed by atoms with Crippen LogP contribution in [0.3, 0.4) is 0 Å². The SMILES string of the molecule is NCc1cn(CCNCCC2CCCO2)nn1. The van der Waals surface area contributed by atoms with E-state index >= 15 is 0 Å². The Bertz CT molecular complexity index is 321. The van der Waals surface area contributed by atoms with Gasteiger partial charge in [-0.15, -0.1) is 5.10 Å². The molecule has 0 aliphatic carbocycles. The Morgan fingerprint density at radius 2 is 2.47 bits per heavy atom. The Morgan fingerprint density at radius 1 is 1.53 bits per heavy atom. The van der Waals surface area contributed by atoms with E-state index in [0.29, 0.717) is 12.6 Å². The highest BCUT2D eigenvalue weighted by atomic mass is 16.5. The van der Waals surface area contributed by atoms with Crippen molar-refractivity contribution in [1.29, 1.82) is 0 Å². The smallest absolute Gasteiger partial charge is 0.0962 e. The first kappa shape index (κ1) is 12.5. The molecular formula is C11H21N5O. The molecule has 3 N–H and O–H groups in total. The van der Waals surface area contributed by atoms with Crippen molar-refractivity contribution in [2.75, 3.05) is 19.7 Å². The number of hydrogen-bond donors (Lipinski definition) is 2. The van der Waals surface area contributed by atoms with Crippen LogP contribution in [0.5, 0.6) is 0 Å². The highest BCUT2D eigenvalue weighted by Crippen LogP contribution is 2.14. The lowest BCUT2D eigenvalue weighted by Crippen LogP contribution is -2.24. The Morgan fingerprint density at radius 3 is 3.18 bits per heavy atom. The Kier molecular flexibility index (Phi) is 4.90. The van der Waals surface area contributed by atoms with Crippen molar-refractivity contribution in [3.05, 3.63) is 11.9 Å². The van der Waals surface area contributed by atoms with Gasteiger partial charge in [0.25, 0.3) is 0 Å². The molecule has 1 atom stereocenters. The molecule has 0 amide bonds. The predicted octanol–water partition coefficient (Wildman–Crippen LogP) is -0.105. The van der Waals surface area contributed by atoms with Gasteiger partial charge in [-0.1, -0.05) is 5.21 Å². The van der Waals surface area contributed by atoms with Gasteiger partial charge in [0.15, 0.2) is 0 Å². The molecule has 1 unspecified atom stereocenters. The second kappa shape index (κ2) is 6.68. The van der Waals surface area contributed by atoms with E-state index in [4.69, 9.17) is 10.5 Å². The van der Waals surface area contributed by atoms with Crippen molar-refractivity contribution in [3.63, 3.8) is 0 Å². The summed E-state index contributed by atoms with van der Waals surface area (Å²) in [5.74, 6) is 0. The maximum Gasteiger partial charge on any atom is 0.0962 e. The van der Waals surface area contributed by atoms with Crippen LogP contribution in [0, 0.1) is 0 Å². The minimum absolute atomic E-state index is 0.451. The third-order valence-electron chi connectivity index (χ3n) is 2.98. The normalized spacial score (nSPS) is 19.9. The second-order valence-corrected chi connectivity index (χ2v) is 4.35. The zero-order chi connectivity index (χ0) is 11.9. The molecule has 0 saturated carbocycles. The zero-order valence-electron chi connectivity index (χ0n) is 10.1. The van der Waals surface area contributed by atoms with E-state index in [1.807, 2.05) is 10.9 Å². The monoisotopic (exact) mass is 239 g/mol. The fraction of sp³-hybridized carbons (Fsp3) is 0.818. The molecule has 1 fully saturated rings. The van der Waals surface area contributed by atoms with Gasteiger partial charge in [-0.25, -0.2) is 0 Å². The van der Waals surface area contributed by atoms with E-state index in [1.165, 1.54) is 12.8 Å². The van der Waals surface area contributed by atoms with E-state index in [9.17, 15) is 0 Å². The Labute approximate surface area is 102 Å². The van der Waals surface area contributed by atoms with Crippen LogP contribution in [0.4, 0.5) is 0 Å². The first-order valence-electron chi connectivity index (χ1n) is 6.30. The molecule has 1 aliphatic heterocycles. The fourth-order valence-corrected chi connectivity index (χ4v) is 2.00. The number of nitrogens with two attached hydrogens (primary N) is 1. The lowest BCUT2D eigenvalue weighted by Gasteiger charge is -2.09. The largest absolute Gasteiger partial charge is 0.378 e. The van der Waals surface area contributed by atoms with Gasteiger partial charge in [-0.2, -0.15) is 0 Å². The summed E-state index contributed by atoms with van der Waals surface area (Å²) in [5.41, 5.74) is 6.30. The maximum absolute atomic E-state index is 5.55. The lowest BCUT2D eigenvalue weighted by atomic mass is 10.2. The van der Waals surface area contributed by atoms with Crippen LogP contribution in [-0.2, 0) is 17.8 Å². The van der Waals surface area contributed by atoms with Crippen LogP contribution in [0.1, 0.15) is 25.0 Å². The van der Waals surface area contributed by atoms with Crippen molar-refractivity contribution in [2.45, 2.75) is 38.5 Å². The number of rotatable bonds is 7. The molecule has 96 valence electrons. The molecule has 1 aliphatic rings. The molecule has 2 heterocycles. The number of ether oxygens (including phenoxy) is 1. The Hall–Kier alpha value is -0.980. The first-order chi connectivity index (χ1) is 8.38. The van der Waals surface area contributed by atoms with Crippen LogP contribution in [0.15, 0.2) is 6.20 Å². The third kappa shape index (κ3) is 4.07. The van der Waals surface area contributed by atoms with E-state index in [1.54, 1.807) is 0 Å². The zero-order valence-corrected chi connectivity index (χ0v) is 10.1. The molecule has 0 radical (unpaired) electrons. The minimum Gasteiger partial charge on any atom is -0.378 e. The summed E-state index contributed by atoms with van der Waals surface area (Å²) < 4.78 is 7.37. The molecule has 1 aromatic heterocycles. The molecule has 1 aromatic rings. The number of nitrogens with one attached hydrogen (secondary N) is 1. The summed E-state index contributed by atoms with van der Waals surface area (Å²) in [6.07, 6.45) is 5.89. The molecule has 17 heavy (non-hydrogen) atoms. The van der Waals surface area contributed by atoms with Gasteiger partial charge in [-0.05, 0) is 25.8 Å². The standard InChI is InChI=1S/C11H21N5O/c12-8-10-9-16(15-14-10)6-5-13-4-3-11-2-1-7-17-11/h9,11,13H,1-8,12H2. The van der Waals surface area contributed by atoms with Crippen LogP contribution in [-0.4, -0.2) is 40.8 Å². The van der Waals surface area contributed by atoms with Gasteiger partial charge in [0.1, 0.15) is 0 Å². The van der Waals surface area contributed by atoms with Gasteiger partial charge >= 0.3 is 0 Å². The van der Waals surface area contributed by atoms with Gasteiger partial charge in [0, 0.05) is 25.9 Å². The predicted molar refractivity (Wildman–Crippen MR) is 64.4 cm³/mol. The van der Waals surface area contributed by atoms with Crippen LogP contribution in [0.25, 0.3) is 0 Å². The number of nitrogens with zero attached hydrogens (tertiary/aromatic N) is 3. The average Bonchev–Trinajstić information content (AvgIpc) is 2.99. The average molecular weight is 239 g/mol. The maximum atomic E-state index is 5.55. The lowest BCUT2D eigenvalue weighted by molar-refractivity contribution is 0.104. The second-order valence-electron chi connectivity index (χ2n) is 4.35. The molecule has 0 spiro atoms. The summed E-state index contributed by atoms with van der Waals surface area (Å²) in [6.45, 7) is 4.12. The van der Waals surface area contributed by atoms with E-state index < -0.39 is 0 Å². The van der Waals surface area contributed by atoms with Crippen LogP contribution < -0.4 is 11.1 Å². The molecule has 2 rings (SSSR count). The summed E-state index contributed by atoms with van der Waals surface area (Å²) >= 11 is 0. The summed E-state index contributed by atoms with van der Waals surface area (Å²) in [5, 5.41) is 11.3. The van der Waals surface area contributed by atoms with Crippen molar-refractivity contribution < 1.29 is 4.74 Å². The van der Waals surface area contributed by atoms with E-state index in [2.05, 4.69) is 15.6 Å². The van der Waals surface area contributed by atoms with Crippen molar-refractivity contribution in [3.8, 4) is 0 Å². The fourth-order valence-electron chi connectivity index (χ4n) is 2.00. The highest BCUT2D eigenvalue weighted by molar-refractivity contribution is 4.90. The third-order valence-corrected chi connectivity index (χ3v) is 2.98. The molecule has 1 saturated heterocycles. The van der Waals surface area contributed by atoms with Gasteiger partial charge in [0.05, 0.1) is 18.3 Å². The van der Waals surface area contributed by atoms with E-state index in [-0.39, 0.29) is 0 Å². The van der Waals surface area contributed by atoms with Crippen molar-refractivity contribution >= 4 is 0 Å². The molecule has 6 heteroatoms. The van der Waals surface area contributed by atoms with Crippen LogP contribution >= 0.6 is 0 Å². The van der Waals surface area contributed by atoms with Gasteiger partial charge in [-0.3, -0.25) is 4.68 Å². The molecular weight excluding hydrogens is 218 g/mol. The minimum atomic E-state index is 0.451. The first-order valence-corrected chi connectivity index (χ1v) is 6.30. The topological polar surface area (TPSA) is 78.0 Å². The highest BCUT2D eigenvalue weighted by Gasteiger charge is 2.14. The number of aromatic nitrogens is 3. The Balaban J connectivity index is 1.53. The van der Waals surface area contributed by atoms with E-state index in [0.717, 1.165) is 38.4 Å². The molecule has 0 aromatic carbocycles. The van der Waals surface area contributed by atoms with Gasteiger partial charge < -0.3 is 15.8 Å². The van der Waals surface area contributed by atoms with Crippen molar-refractivity contribution in [1.82, 2.24) is 20.3 Å². The summed E-state index contributed by atoms with van der Waals surface area (Å²) in [4.78, 5) is 0. The summed E-state index contributed by atoms with van der Waals surface area (Å²) in [6, 6.07) is 0. The summed E-state index contributed by atoms with van der Waals surface area (Å²) in [7, 11) is 0. The molecule has 0 bridgehead atoms. The van der Waals surface area contributed by atoms with Gasteiger partial charge in [0.2, 0.25) is 0 Å².